The van der Waals surface area contributed by atoms with Crippen molar-refractivity contribution in [2.75, 3.05) is 6.61 Å². The Morgan fingerprint density at radius 2 is 2.19 bits per heavy atom. The molecule has 0 aliphatic carbocycles. The topological polar surface area (TPSA) is 60.5 Å². The molecule has 0 aromatic carbocycles. The molecule has 1 aromatic rings. The summed E-state index contributed by atoms with van der Waals surface area (Å²) < 4.78 is 11.7. The molecule has 0 radical (unpaired) electrons. The van der Waals surface area contributed by atoms with Crippen molar-refractivity contribution in [2.24, 2.45) is 0 Å². The first kappa shape index (κ1) is 17.8. The highest BCUT2D eigenvalue weighted by atomic mass is 79.9. The number of halogens is 1. The number of nitrogens with zero attached hydrogens (tertiary/aromatic N) is 1. The van der Waals surface area contributed by atoms with Gasteiger partial charge in [0.05, 0.1) is 6.61 Å². The van der Waals surface area contributed by atoms with E-state index in [1.807, 2.05) is 39.8 Å². The highest BCUT2D eigenvalue weighted by Crippen LogP contribution is 2.15. The third-order valence-electron chi connectivity index (χ3n) is 2.49. The van der Waals surface area contributed by atoms with E-state index in [0.29, 0.717) is 12.5 Å². The molecule has 1 heterocycles. The van der Waals surface area contributed by atoms with E-state index in [1.54, 1.807) is 6.20 Å². The van der Waals surface area contributed by atoms with Crippen LogP contribution in [0.25, 0.3) is 0 Å². The Bertz CT molecular complexity index is 460. The summed E-state index contributed by atoms with van der Waals surface area (Å²) in [4.78, 5) is 15.7. The Kier molecular flexibility index (Phi) is 6.95. The minimum atomic E-state index is -0.473. The fourth-order valence-electron chi connectivity index (χ4n) is 1.61. The van der Waals surface area contributed by atoms with Gasteiger partial charge in [-0.3, -0.25) is 0 Å². The number of rotatable bonds is 6. The molecule has 1 unspecified atom stereocenters. The van der Waals surface area contributed by atoms with Gasteiger partial charge in [-0.05, 0) is 46.6 Å². The van der Waals surface area contributed by atoms with Crippen LogP contribution < -0.4 is 10.1 Å². The summed E-state index contributed by atoms with van der Waals surface area (Å²) in [7, 11) is 0. The van der Waals surface area contributed by atoms with Crippen molar-refractivity contribution in [2.45, 2.75) is 52.2 Å². The fourth-order valence-corrected chi connectivity index (χ4v) is 1.93. The van der Waals surface area contributed by atoms with Crippen molar-refractivity contribution < 1.29 is 14.3 Å². The molecular weight excluding hydrogens is 336 g/mol. The maximum atomic E-state index is 11.6. The van der Waals surface area contributed by atoms with E-state index in [0.717, 1.165) is 17.3 Å². The van der Waals surface area contributed by atoms with Gasteiger partial charge >= 0.3 is 6.09 Å². The van der Waals surface area contributed by atoms with Gasteiger partial charge in [0.1, 0.15) is 5.60 Å². The molecule has 1 atom stereocenters. The van der Waals surface area contributed by atoms with Crippen LogP contribution in [0.15, 0.2) is 22.8 Å². The summed E-state index contributed by atoms with van der Waals surface area (Å²) in [6.45, 7) is 8.04. The smallest absolute Gasteiger partial charge is 0.407 e. The summed E-state index contributed by atoms with van der Waals surface area (Å²) in [5.41, 5.74) is -0.473. The van der Waals surface area contributed by atoms with Crippen molar-refractivity contribution in [3.63, 3.8) is 0 Å². The van der Waals surface area contributed by atoms with Gasteiger partial charge in [-0.2, -0.15) is 0 Å². The maximum absolute atomic E-state index is 11.6. The summed E-state index contributed by atoms with van der Waals surface area (Å²) >= 11 is 3.36. The van der Waals surface area contributed by atoms with E-state index in [4.69, 9.17) is 9.47 Å². The monoisotopic (exact) mass is 358 g/mol. The predicted octanol–water partition coefficient (Wildman–Crippen LogP) is 3.92. The van der Waals surface area contributed by atoms with E-state index in [9.17, 15) is 4.79 Å². The largest absolute Gasteiger partial charge is 0.478 e. The Morgan fingerprint density at radius 1 is 1.48 bits per heavy atom. The van der Waals surface area contributed by atoms with Gasteiger partial charge in [-0.25, -0.2) is 9.78 Å². The molecular formula is C15H23BrN2O3. The summed E-state index contributed by atoms with van der Waals surface area (Å²) in [5, 5.41) is 2.80. The lowest BCUT2D eigenvalue weighted by molar-refractivity contribution is 0.0504. The third kappa shape index (κ3) is 8.55. The average Bonchev–Trinajstić information content (AvgIpc) is 2.32. The molecule has 0 saturated heterocycles. The van der Waals surface area contributed by atoms with Crippen LogP contribution in [0.2, 0.25) is 0 Å². The van der Waals surface area contributed by atoms with Gasteiger partial charge in [-0.1, -0.05) is 15.9 Å². The molecule has 0 aliphatic rings. The normalized spacial score (nSPS) is 12.6. The van der Waals surface area contributed by atoms with Crippen molar-refractivity contribution in [3.05, 3.63) is 22.8 Å². The molecule has 5 nitrogen and oxygen atoms in total. The van der Waals surface area contributed by atoms with Gasteiger partial charge < -0.3 is 14.8 Å². The first-order valence-corrected chi connectivity index (χ1v) is 7.79. The quantitative estimate of drug-likeness (QED) is 0.783. The molecule has 0 aliphatic heterocycles. The SMILES string of the molecule is CC(CCCOc1cc(Br)ccn1)NC(=O)OC(C)(C)C. The number of nitrogens with one attached hydrogen (secondary N) is 1. The summed E-state index contributed by atoms with van der Waals surface area (Å²) in [5.74, 6) is 0.595. The van der Waals surface area contributed by atoms with E-state index >= 15 is 0 Å². The first-order chi connectivity index (χ1) is 9.76. The van der Waals surface area contributed by atoms with Crippen molar-refractivity contribution >= 4 is 22.0 Å². The average molecular weight is 359 g/mol. The van der Waals surface area contributed by atoms with E-state index in [2.05, 4.69) is 26.2 Å². The lowest BCUT2D eigenvalue weighted by Crippen LogP contribution is -2.37. The van der Waals surface area contributed by atoms with Crippen LogP contribution >= 0.6 is 15.9 Å². The molecule has 0 bridgehead atoms. The molecule has 0 fully saturated rings. The molecule has 6 heteroatoms. The van der Waals surface area contributed by atoms with Crippen molar-refractivity contribution in [3.8, 4) is 5.88 Å². The zero-order valence-corrected chi connectivity index (χ0v) is 14.6. The Hall–Kier alpha value is -1.30. The van der Waals surface area contributed by atoms with Gasteiger partial charge in [-0.15, -0.1) is 0 Å². The number of pyridine rings is 1. The number of ether oxygens (including phenoxy) is 2. The van der Waals surface area contributed by atoms with Gasteiger partial charge in [0, 0.05) is 22.8 Å². The number of alkyl carbamates (subject to hydrolysis) is 1. The van der Waals surface area contributed by atoms with Crippen LogP contribution in [0.4, 0.5) is 4.79 Å². The molecule has 1 N–H and O–H groups in total. The number of carbonyl (C=O) groups excluding carboxylic acids is 1. The molecule has 1 rings (SSSR count). The highest BCUT2D eigenvalue weighted by Gasteiger charge is 2.17. The maximum Gasteiger partial charge on any atom is 0.407 e. The zero-order valence-electron chi connectivity index (χ0n) is 13.0. The lowest BCUT2D eigenvalue weighted by Gasteiger charge is -2.21. The molecule has 21 heavy (non-hydrogen) atoms. The Balaban J connectivity index is 2.19. The first-order valence-electron chi connectivity index (χ1n) is 7.00. The molecule has 1 aromatic heterocycles. The van der Waals surface area contributed by atoms with Gasteiger partial charge in [0.15, 0.2) is 0 Å². The number of aromatic nitrogens is 1. The molecule has 1 amide bonds. The second-order valence-electron chi connectivity index (χ2n) is 5.85. The minimum absolute atomic E-state index is 0.0407. The van der Waals surface area contributed by atoms with Crippen LogP contribution in [0, 0.1) is 0 Å². The minimum Gasteiger partial charge on any atom is -0.478 e. The number of hydrogen-bond acceptors (Lipinski definition) is 4. The van der Waals surface area contributed by atoms with Crippen LogP contribution in [0.1, 0.15) is 40.5 Å². The zero-order chi connectivity index (χ0) is 15.9. The van der Waals surface area contributed by atoms with E-state index < -0.39 is 5.60 Å². The predicted molar refractivity (Wildman–Crippen MR) is 85.5 cm³/mol. The second kappa shape index (κ2) is 8.22. The lowest BCUT2D eigenvalue weighted by atomic mass is 10.2. The van der Waals surface area contributed by atoms with Crippen LogP contribution in [0.5, 0.6) is 5.88 Å². The standard InChI is InChI=1S/C15H23BrN2O3/c1-11(18-14(19)21-15(2,3)4)6-5-9-20-13-10-12(16)7-8-17-13/h7-8,10-11H,5-6,9H2,1-4H3,(H,18,19). The van der Waals surface area contributed by atoms with E-state index in [-0.39, 0.29) is 12.1 Å². The molecule has 118 valence electrons. The Labute approximate surface area is 134 Å². The van der Waals surface area contributed by atoms with Crippen LogP contribution in [-0.2, 0) is 4.74 Å². The van der Waals surface area contributed by atoms with Crippen molar-refractivity contribution in [1.29, 1.82) is 0 Å². The van der Waals surface area contributed by atoms with Gasteiger partial charge in [0.25, 0.3) is 0 Å². The third-order valence-corrected chi connectivity index (χ3v) is 2.98. The highest BCUT2D eigenvalue weighted by molar-refractivity contribution is 9.10. The van der Waals surface area contributed by atoms with Crippen molar-refractivity contribution in [1.82, 2.24) is 10.3 Å². The van der Waals surface area contributed by atoms with Crippen LogP contribution in [0.3, 0.4) is 0 Å². The van der Waals surface area contributed by atoms with Gasteiger partial charge in [0.2, 0.25) is 5.88 Å². The molecule has 0 saturated carbocycles. The Morgan fingerprint density at radius 3 is 2.81 bits per heavy atom. The number of hydrogen-bond donors (Lipinski definition) is 1. The number of carbonyl (C=O) groups is 1. The summed E-state index contributed by atoms with van der Waals surface area (Å²) in [6, 6.07) is 3.71. The summed E-state index contributed by atoms with van der Waals surface area (Å²) in [6.07, 6.45) is 2.94. The van der Waals surface area contributed by atoms with E-state index in [1.165, 1.54) is 0 Å². The van der Waals surface area contributed by atoms with Crippen LogP contribution in [-0.4, -0.2) is 29.3 Å². The fraction of sp³-hybridized carbons (Fsp3) is 0.600. The second-order valence-corrected chi connectivity index (χ2v) is 6.77. The molecule has 0 spiro atoms. The number of amides is 1.